The Kier molecular flexibility index (Phi) is 5.17. The van der Waals surface area contributed by atoms with E-state index in [4.69, 9.17) is 0 Å². The first-order chi connectivity index (χ1) is 11.8. The Balaban J connectivity index is 1.76. The second-order valence-electron chi connectivity index (χ2n) is 7.21. The topological polar surface area (TPSA) is 53.4 Å². The number of thiophene rings is 2. The van der Waals surface area contributed by atoms with Crippen molar-refractivity contribution in [2.24, 2.45) is 5.10 Å². The number of nitrogens with one attached hydrogen (secondary N) is 1. The van der Waals surface area contributed by atoms with E-state index in [0.717, 1.165) is 27.5 Å². The van der Waals surface area contributed by atoms with Crippen molar-refractivity contribution in [1.82, 2.24) is 14.9 Å². The third-order valence-electron chi connectivity index (χ3n) is 3.59. The molecule has 0 atom stereocenters. The summed E-state index contributed by atoms with van der Waals surface area (Å²) < 4.78 is 0. The fraction of sp³-hybridized carbons (Fsp3) is 0.389. The first kappa shape index (κ1) is 18.0. The highest BCUT2D eigenvalue weighted by Gasteiger charge is 2.18. The SMILES string of the molecule is CN(C)Cc1ccc(C=NNc2ncnc3sc(C(C)(C)C)cc23)s1. The smallest absolute Gasteiger partial charge is 0.158 e. The van der Waals surface area contributed by atoms with E-state index >= 15 is 0 Å². The van der Waals surface area contributed by atoms with Crippen LogP contribution in [0.1, 0.15) is 35.4 Å². The minimum atomic E-state index is 0.103. The van der Waals surface area contributed by atoms with Crippen molar-refractivity contribution >= 4 is 44.9 Å². The molecule has 5 nitrogen and oxygen atoms in total. The van der Waals surface area contributed by atoms with Crippen molar-refractivity contribution in [3.05, 3.63) is 39.2 Å². The van der Waals surface area contributed by atoms with E-state index in [2.05, 4.69) is 78.5 Å². The van der Waals surface area contributed by atoms with Gasteiger partial charge in [-0.1, -0.05) is 20.8 Å². The van der Waals surface area contributed by atoms with Crippen molar-refractivity contribution < 1.29 is 0 Å². The third-order valence-corrected chi connectivity index (χ3v) is 6.06. The average molecular weight is 374 g/mol. The molecule has 7 heteroatoms. The number of hydrazone groups is 1. The molecule has 0 aliphatic heterocycles. The molecule has 0 unspecified atom stereocenters. The summed E-state index contributed by atoms with van der Waals surface area (Å²) in [5.74, 6) is 0.748. The van der Waals surface area contributed by atoms with Crippen LogP contribution in [-0.4, -0.2) is 35.2 Å². The molecule has 0 radical (unpaired) electrons. The Morgan fingerprint density at radius 1 is 1.20 bits per heavy atom. The Labute approximate surface area is 156 Å². The zero-order valence-electron chi connectivity index (χ0n) is 15.2. The normalized spacial score (nSPS) is 12.6. The minimum Gasteiger partial charge on any atom is -0.304 e. The van der Waals surface area contributed by atoms with Crippen molar-refractivity contribution in [2.75, 3.05) is 19.5 Å². The van der Waals surface area contributed by atoms with E-state index in [1.807, 2.05) is 6.21 Å². The minimum absolute atomic E-state index is 0.103. The summed E-state index contributed by atoms with van der Waals surface area (Å²) in [6.45, 7) is 7.57. The number of rotatable bonds is 5. The Hall–Kier alpha value is -1.83. The first-order valence-corrected chi connectivity index (χ1v) is 9.74. The zero-order valence-corrected chi connectivity index (χ0v) is 16.8. The van der Waals surface area contributed by atoms with Gasteiger partial charge in [0, 0.05) is 21.2 Å². The maximum absolute atomic E-state index is 4.39. The van der Waals surface area contributed by atoms with Gasteiger partial charge in [0.25, 0.3) is 0 Å². The predicted octanol–water partition coefficient (Wildman–Crippen LogP) is 4.56. The van der Waals surface area contributed by atoms with Gasteiger partial charge in [-0.15, -0.1) is 22.7 Å². The van der Waals surface area contributed by atoms with Crippen LogP contribution in [0.15, 0.2) is 29.6 Å². The van der Waals surface area contributed by atoms with E-state index in [1.54, 1.807) is 29.0 Å². The van der Waals surface area contributed by atoms with Crippen molar-refractivity contribution in [1.29, 1.82) is 0 Å². The molecule has 25 heavy (non-hydrogen) atoms. The van der Waals surface area contributed by atoms with Gasteiger partial charge in [0.1, 0.15) is 11.2 Å². The van der Waals surface area contributed by atoms with Gasteiger partial charge in [-0.05, 0) is 37.7 Å². The summed E-state index contributed by atoms with van der Waals surface area (Å²) in [6.07, 6.45) is 3.43. The molecule has 0 aromatic carbocycles. The maximum atomic E-state index is 4.39. The van der Waals surface area contributed by atoms with Crippen molar-refractivity contribution in [3.63, 3.8) is 0 Å². The van der Waals surface area contributed by atoms with Crippen LogP contribution in [0.25, 0.3) is 10.2 Å². The highest BCUT2D eigenvalue weighted by Crippen LogP contribution is 2.35. The van der Waals surface area contributed by atoms with Crippen LogP contribution >= 0.6 is 22.7 Å². The van der Waals surface area contributed by atoms with Crippen LogP contribution in [0, 0.1) is 0 Å². The first-order valence-electron chi connectivity index (χ1n) is 8.10. The van der Waals surface area contributed by atoms with Crippen LogP contribution in [0.3, 0.4) is 0 Å². The largest absolute Gasteiger partial charge is 0.304 e. The molecular formula is C18H23N5S2. The van der Waals surface area contributed by atoms with Crippen LogP contribution in [0.2, 0.25) is 0 Å². The number of aromatic nitrogens is 2. The van der Waals surface area contributed by atoms with E-state index in [1.165, 1.54) is 9.75 Å². The molecule has 0 bridgehead atoms. The highest BCUT2D eigenvalue weighted by atomic mass is 32.1. The summed E-state index contributed by atoms with van der Waals surface area (Å²) in [4.78, 5) is 15.6. The lowest BCUT2D eigenvalue weighted by Gasteiger charge is -2.14. The molecule has 0 saturated heterocycles. The molecule has 1 N–H and O–H groups in total. The lowest BCUT2D eigenvalue weighted by molar-refractivity contribution is 0.406. The number of anilines is 1. The molecule has 0 fully saturated rings. The van der Waals surface area contributed by atoms with E-state index in [0.29, 0.717) is 0 Å². The van der Waals surface area contributed by atoms with Crippen LogP contribution in [0.4, 0.5) is 5.82 Å². The summed E-state index contributed by atoms with van der Waals surface area (Å²) >= 11 is 3.46. The highest BCUT2D eigenvalue weighted by molar-refractivity contribution is 7.18. The van der Waals surface area contributed by atoms with Crippen LogP contribution in [0.5, 0.6) is 0 Å². The summed E-state index contributed by atoms with van der Waals surface area (Å²) in [6, 6.07) is 6.40. The molecule has 3 rings (SSSR count). The van der Waals surface area contributed by atoms with Gasteiger partial charge < -0.3 is 4.90 Å². The van der Waals surface area contributed by atoms with Gasteiger partial charge in [0.05, 0.1) is 11.6 Å². The van der Waals surface area contributed by atoms with E-state index in [9.17, 15) is 0 Å². The fourth-order valence-electron chi connectivity index (χ4n) is 2.33. The predicted molar refractivity (Wildman–Crippen MR) is 109 cm³/mol. The summed E-state index contributed by atoms with van der Waals surface area (Å²) in [7, 11) is 4.14. The number of hydrogen-bond acceptors (Lipinski definition) is 7. The van der Waals surface area contributed by atoms with Crippen molar-refractivity contribution in [3.8, 4) is 0 Å². The van der Waals surface area contributed by atoms with E-state index < -0.39 is 0 Å². The zero-order chi connectivity index (χ0) is 18.0. The van der Waals surface area contributed by atoms with Gasteiger partial charge in [0.15, 0.2) is 5.82 Å². The lowest BCUT2D eigenvalue weighted by atomic mass is 9.94. The maximum Gasteiger partial charge on any atom is 0.158 e. The third kappa shape index (κ3) is 4.42. The molecule has 3 heterocycles. The van der Waals surface area contributed by atoms with E-state index in [-0.39, 0.29) is 5.41 Å². The van der Waals surface area contributed by atoms with Gasteiger partial charge >= 0.3 is 0 Å². The summed E-state index contributed by atoms with van der Waals surface area (Å²) in [5, 5.41) is 5.38. The van der Waals surface area contributed by atoms with Gasteiger partial charge in [-0.25, -0.2) is 9.97 Å². The Morgan fingerprint density at radius 2 is 2.00 bits per heavy atom. The Morgan fingerprint density at radius 3 is 2.72 bits per heavy atom. The average Bonchev–Trinajstić information content (AvgIpc) is 3.13. The molecule has 0 aliphatic carbocycles. The van der Waals surface area contributed by atoms with Gasteiger partial charge in [0.2, 0.25) is 0 Å². The molecular weight excluding hydrogens is 350 g/mol. The second kappa shape index (κ2) is 7.19. The Bertz CT molecular complexity index is 886. The summed E-state index contributed by atoms with van der Waals surface area (Å²) in [5.41, 5.74) is 3.18. The molecule has 0 amide bonds. The molecule has 3 aromatic rings. The quantitative estimate of drug-likeness (QED) is 0.526. The van der Waals surface area contributed by atoms with Crippen LogP contribution in [-0.2, 0) is 12.0 Å². The number of fused-ring (bicyclic) bond motifs is 1. The standard InChI is InChI=1S/C18H23N5S2/c1-18(2,3)15-8-14-16(19-11-20-17(14)25-15)22-21-9-12-6-7-13(24-12)10-23(4)5/h6-9,11H,10H2,1-5H3,(H,19,20,22). The second-order valence-corrected chi connectivity index (χ2v) is 9.44. The number of hydrogen-bond donors (Lipinski definition) is 1. The monoisotopic (exact) mass is 373 g/mol. The van der Waals surface area contributed by atoms with Crippen molar-refractivity contribution in [2.45, 2.75) is 32.7 Å². The molecule has 0 saturated carbocycles. The fourth-order valence-corrected chi connectivity index (χ4v) is 4.39. The molecule has 132 valence electrons. The molecule has 0 spiro atoms. The molecule has 0 aliphatic rings. The molecule has 3 aromatic heterocycles. The van der Waals surface area contributed by atoms with Crippen LogP contribution < -0.4 is 5.43 Å². The number of nitrogens with zero attached hydrogens (tertiary/aromatic N) is 4. The van der Waals surface area contributed by atoms with Gasteiger partial charge in [-0.2, -0.15) is 5.10 Å². The van der Waals surface area contributed by atoms with Gasteiger partial charge in [-0.3, -0.25) is 5.43 Å². The lowest BCUT2D eigenvalue weighted by Crippen LogP contribution is -2.09.